The summed E-state index contributed by atoms with van der Waals surface area (Å²) in [5, 5.41) is 7.75. The predicted molar refractivity (Wildman–Crippen MR) is 95.7 cm³/mol. The average molecular weight is 424 g/mol. The van der Waals surface area contributed by atoms with Gasteiger partial charge in [-0.05, 0) is 52.9 Å². The van der Waals surface area contributed by atoms with E-state index in [-0.39, 0.29) is 5.91 Å². The van der Waals surface area contributed by atoms with Gasteiger partial charge in [0, 0.05) is 21.4 Å². The van der Waals surface area contributed by atoms with Gasteiger partial charge in [-0.15, -0.1) is 0 Å². The number of anilines is 1. The van der Waals surface area contributed by atoms with Gasteiger partial charge in [-0.3, -0.25) is 4.79 Å². The first-order valence-electron chi connectivity index (χ1n) is 6.51. The number of nitrogens with zero attached hydrogens (tertiary/aromatic N) is 2. The molecule has 0 aliphatic carbocycles. The van der Waals surface area contributed by atoms with E-state index in [2.05, 4.69) is 33.0 Å². The van der Waals surface area contributed by atoms with E-state index in [4.69, 9.17) is 11.6 Å². The highest BCUT2D eigenvalue weighted by Gasteiger charge is 2.10. The zero-order chi connectivity index (χ0) is 15.5. The Morgan fingerprint density at radius 3 is 2.64 bits per heavy atom. The molecule has 2 aromatic carbocycles. The van der Waals surface area contributed by atoms with Crippen molar-refractivity contribution in [1.82, 2.24) is 9.78 Å². The van der Waals surface area contributed by atoms with Crippen LogP contribution in [-0.4, -0.2) is 15.7 Å². The van der Waals surface area contributed by atoms with Crippen LogP contribution in [0.5, 0.6) is 0 Å². The molecule has 1 heterocycles. The molecule has 0 aliphatic rings. The minimum absolute atomic E-state index is 0.215. The third-order valence-electron chi connectivity index (χ3n) is 3.03. The zero-order valence-electron chi connectivity index (χ0n) is 11.3. The Kier molecular flexibility index (Phi) is 4.44. The molecule has 22 heavy (non-hydrogen) atoms. The van der Waals surface area contributed by atoms with Crippen molar-refractivity contribution in [2.24, 2.45) is 0 Å². The number of benzene rings is 2. The molecule has 4 nitrogen and oxygen atoms in total. The smallest absolute Gasteiger partial charge is 0.256 e. The number of nitrogens with one attached hydrogen (secondary N) is 1. The van der Waals surface area contributed by atoms with Crippen LogP contribution in [0.2, 0.25) is 5.02 Å². The highest BCUT2D eigenvalue weighted by molar-refractivity contribution is 14.1. The number of carbonyl (C=O) groups is 1. The molecule has 0 fully saturated rings. The van der Waals surface area contributed by atoms with Crippen molar-refractivity contribution < 1.29 is 4.79 Å². The summed E-state index contributed by atoms with van der Waals surface area (Å²) in [7, 11) is 0. The normalized spacial score (nSPS) is 10.5. The molecule has 1 amide bonds. The van der Waals surface area contributed by atoms with Gasteiger partial charge in [-0.1, -0.05) is 29.8 Å². The average Bonchev–Trinajstić information content (AvgIpc) is 2.99. The Hall–Kier alpha value is -1.86. The van der Waals surface area contributed by atoms with Crippen LogP contribution in [0.1, 0.15) is 10.4 Å². The van der Waals surface area contributed by atoms with Crippen molar-refractivity contribution >= 4 is 45.9 Å². The van der Waals surface area contributed by atoms with Gasteiger partial charge in [0.1, 0.15) is 0 Å². The van der Waals surface area contributed by atoms with Crippen LogP contribution < -0.4 is 5.32 Å². The van der Waals surface area contributed by atoms with Crippen LogP contribution in [0.15, 0.2) is 60.8 Å². The maximum absolute atomic E-state index is 12.2. The zero-order valence-corrected chi connectivity index (χ0v) is 14.2. The molecule has 0 saturated heterocycles. The van der Waals surface area contributed by atoms with E-state index < -0.39 is 0 Å². The summed E-state index contributed by atoms with van der Waals surface area (Å²) in [5.41, 5.74) is 1.48. The van der Waals surface area contributed by atoms with Crippen LogP contribution in [0.4, 0.5) is 5.82 Å². The molecule has 0 bridgehead atoms. The lowest BCUT2D eigenvalue weighted by atomic mass is 10.2. The number of rotatable bonds is 3. The van der Waals surface area contributed by atoms with Crippen molar-refractivity contribution in [2.45, 2.75) is 0 Å². The molecule has 110 valence electrons. The Balaban J connectivity index is 1.77. The molecular formula is C16H11ClIN3O. The minimum atomic E-state index is -0.215. The number of carbonyl (C=O) groups excluding carboxylic acids is 1. The molecule has 6 heteroatoms. The van der Waals surface area contributed by atoms with Gasteiger partial charge in [-0.2, -0.15) is 5.10 Å². The molecule has 1 N–H and O–H groups in total. The van der Waals surface area contributed by atoms with Gasteiger partial charge in [-0.25, -0.2) is 4.68 Å². The SMILES string of the molecule is O=C(Nc1ccn(-c2ccccc2)n1)c1ccc(Cl)c(I)c1. The van der Waals surface area contributed by atoms with E-state index in [1.807, 2.05) is 30.3 Å². The van der Waals surface area contributed by atoms with Crippen LogP contribution in [0.3, 0.4) is 0 Å². The van der Waals surface area contributed by atoms with Crippen molar-refractivity contribution in [3.63, 3.8) is 0 Å². The third-order valence-corrected chi connectivity index (χ3v) is 4.57. The van der Waals surface area contributed by atoms with E-state index in [0.717, 1.165) is 9.26 Å². The van der Waals surface area contributed by atoms with E-state index in [1.165, 1.54) is 0 Å². The molecule has 0 saturated carbocycles. The molecule has 0 spiro atoms. The fourth-order valence-electron chi connectivity index (χ4n) is 1.94. The first kappa shape index (κ1) is 15.1. The van der Waals surface area contributed by atoms with Crippen molar-refractivity contribution in [2.75, 3.05) is 5.32 Å². The molecular weight excluding hydrogens is 413 g/mol. The maximum atomic E-state index is 12.2. The topological polar surface area (TPSA) is 46.9 Å². The lowest BCUT2D eigenvalue weighted by Gasteiger charge is -2.04. The fourth-order valence-corrected chi connectivity index (χ4v) is 2.57. The first-order chi connectivity index (χ1) is 10.6. The van der Waals surface area contributed by atoms with Crippen LogP contribution in [0.25, 0.3) is 5.69 Å². The van der Waals surface area contributed by atoms with Crippen molar-refractivity contribution in [3.05, 3.63) is 75.0 Å². The molecule has 3 rings (SSSR count). The van der Waals surface area contributed by atoms with Crippen LogP contribution >= 0.6 is 34.2 Å². The molecule has 0 unspecified atom stereocenters. The fraction of sp³-hybridized carbons (Fsp3) is 0. The molecule has 0 radical (unpaired) electrons. The molecule has 3 aromatic rings. The number of aromatic nitrogens is 2. The van der Waals surface area contributed by atoms with Crippen LogP contribution in [0, 0.1) is 3.57 Å². The largest absolute Gasteiger partial charge is 0.305 e. The molecule has 0 aliphatic heterocycles. The maximum Gasteiger partial charge on any atom is 0.256 e. The number of para-hydroxylation sites is 1. The van der Waals surface area contributed by atoms with Gasteiger partial charge in [0.15, 0.2) is 5.82 Å². The second-order valence-electron chi connectivity index (χ2n) is 4.56. The molecule has 1 aromatic heterocycles. The van der Waals surface area contributed by atoms with Gasteiger partial charge < -0.3 is 5.32 Å². The summed E-state index contributed by atoms with van der Waals surface area (Å²) < 4.78 is 2.54. The summed E-state index contributed by atoms with van der Waals surface area (Å²) in [6.07, 6.45) is 1.80. The van der Waals surface area contributed by atoms with E-state index >= 15 is 0 Å². The van der Waals surface area contributed by atoms with Crippen LogP contribution in [-0.2, 0) is 0 Å². The van der Waals surface area contributed by atoms with E-state index in [9.17, 15) is 4.79 Å². The summed E-state index contributed by atoms with van der Waals surface area (Å²) in [6, 6.07) is 16.6. The lowest BCUT2D eigenvalue weighted by molar-refractivity contribution is 0.102. The summed E-state index contributed by atoms with van der Waals surface area (Å²) in [4.78, 5) is 12.2. The Bertz CT molecular complexity index is 817. The predicted octanol–water partition coefficient (Wildman–Crippen LogP) is 4.38. The van der Waals surface area contributed by atoms with E-state index in [0.29, 0.717) is 16.4 Å². The van der Waals surface area contributed by atoms with Crippen molar-refractivity contribution in [3.8, 4) is 5.69 Å². The monoisotopic (exact) mass is 423 g/mol. The highest BCUT2D eigenvalue weighted by atomic mass is 127. The van der Waals surface area contributed by atoms with Gasteiger partial charge >= 0.3 is 0 Å². The van der Waals surface area contributed by atoms with Gasteiger partial charge in [0.05, 0.1) is 10.7 Å². The Morgan fingerprint density at radius 2 is 1.91 bits per heavy atom. The summed E-state index contributed by atoms with van der Waals surface area (Å²) >= 11 is 8.06. The third kappa shape index (κ3) is 3.31. The standard InChI is InChI=1S/C16H11ClIN3O/c17-13-7-6-11(10-14(13)18)16(22)19-15-8-9-21(20-15)12-4-2-1-3-5-12/h1-10H,(H,19,20,22). The van der Waals surface area contributed by atoms with Crippen molar-refractivity contribution in [1.29, 1.82) is 0 Å². The Morgan fingerprint density at radius 1 is 1.14 bits per heavy atom. The summed E-state index contributed by atoms with van der Waals surface area (Å²) in [6.45, 7) is 0. The number of hydrogen-bond donors (Lipinski definition) is 1. The Labute approximate surface area is 146 Å². The first-order valence-corrected chi connectivity index (χ1v) is 7.96. The number of halogens is 2. The van der Waals surface area contributed by atoms with E-state index in [1.54, 1.807) is 35.1 Å². The van der Waals surface area contributed by atoms with Gasteiger partial charge in [0.25, 0.3) is 5.91 Å². The van der Waals surface area contributed by atoms with Gasteiger partial charge in [0.2, 0.25) is 0 Å². The highest BCUT2D eigenvalue weighted by Crippen LogP contribution is 2.20. The quantitative estimate of drug-likeness (QED) is 0.636. The lowest BCUT2D eigenvalue weighted by Crippen LogP contribution is -2.12. The number of amides is 1. The second-order valence-corrected chi connectivity index (χ2v) is 6.13. The summed E-state index contributed by atoms with van der Waals surface area (Å²) in [5.74, 6) is 0.284. The minimum Gasteiger partial charge on any atom is -0.305 e. The second kappa shape index (κ2) is 6.50. The molecule has 0 atom stereocenters. The number of hydrogen-bond acceptors (Lipinski definition) is 2.